The third kappa shape index (κ3) is 4.74. The number of hydrogen-bond donors (Lipinski definition) is 0. The first-order chi connectivity index (χ1) is 14.8. The van der Waals surface area contributed by atoms with Crippen LogP contribution in [0, 0.1) is 0 Å². The number of benzene rings is 2. The van der Waals surface area contributed by atoms with Gasteiger partial charge in [0, 0.05) is 10.9 Å². The van der Waals surface area contributed by atoms with Gasteiger partial charge in [0.15, 0.2) is 0 Å². The van der Waals surface area contributed by atoms with Gasteiger partial charge in [-0.25, -0.2) is 15.0 Å². The van der Waals surface area contributed by atoms with E-state index in [9.17, 15) is 0 Å². The summed E-state index contributed by atoms with van der Waals surface area (Å²) in [6, 6.07) is 16.2. The Morgan fingerprint density at radius 1 is 1.00 bits per heavy atom. The minimum Gasteiger partial charge on any atom is -0.479 e. The largest absolute Gasteiger partial charge is 0.479 e. The number of allylic oxidation sites excluding steroid dienone is 1. The fourth-order valence-electron chi connectivity index (χ4n) is 3.35. The lowest BCUT2D eigenvalue weighted by atomic mass is 10.1. The molecule has 2 heterocycles. The molecule has 0 spiro atoms. The second kappa shape index (κ2) is 9.63. The Hall–Kier alpha value is -3.05. The molecule has 2 aromatic heterocycles. The maximum absolute atomic E-state index is 5.52. The second-order valence-electron chi connectivity index (χ2n) is 7.08. The molecule has 0 aliphatic carbocycles. The third-order valence-corrected chi connectivity index (χ3v) is 5.95. The van der Waals surface area contributed by atoms with Crippen LogP contribution in [-0.2, 0) is 12.8 Å². The van der Waals surface area contributed by atoms with Gasteiger partial charge in [0.05, 0.1) is 28.8 Å². The smallest absolute Gasteiger partial charge is 0.240 e. The van der Waals surface area contributed by atoms with Crippen LogP contribution < -0.4 is 4.74 Å². The van der Waals surface area contributed by atoms with Gasteiger partial charge in [-0.05, 0) is 49.4 Å². The molecule has 0 N–H and O–H groups in total. The average Bonchev–Trinajstić information content (AvgIpc) is 3.26. The number of methoxy groups -OCH3 is 1. The first-order valence-corrected chi connectivity index (χ1v) is 11.2. The summed E-state index contributed by atoms with van der Waals surface area (Å²) in [5.74, 6) is 0.546. The molecule has 0 fully saturated rings. The van der Waals surface area contributed by atoms with Crippen molar-refractivity contribution in [3.8, 4) is 17.1 Å². The Kier molecular flexibility index (Phi) is 6.50. The van der Waals surface area contributed by atoms with E-state index in [1.165, 1.54) is 10.7 Å². The van der Waals surface area contributed by atoms with Gasteiger partial charge in [-0.2, -0.15) is 0 Å². The van der Waals surface area contributed by atoms with Crippen LogP contribution in [0.2, 0.25) is 0 Å². The standard InChI is InChI=1S/C25H25N3OS/c1-3-23-26-20(17-30-23)13-6-4-5-10-18-11-9-12-19(16-18)24-25(29-2)28-22-15-8-7-14-21(22)27-24/h5,7-12,14-17H,3-4,6,13H2,1-2H3/b10-5+. The molecule has 4 aromatic rings. The van der Waals surface area contributed by atoms with Gasteiger partial charge in [-0.1, -0.05) is 49.4 Å². The van der Waals surface area contributed by atoms with Crippen molar-refractivity contribution in [3.63, 3.8) is 0 Å². The Morgan fingerprint density at radius 3 is 2.60 bits per heavy atom. The SMILES string of the molecule is CCc1nc(CCC/C=C/c2cccc(-c3nc4ccccc4nc3OC)c2)cs1. The van der Waals surface area contributed by atoms with Crippen molar-refractivity contribution in [2.24, 2.45) is 0 Å². The molecule has 152 valence electrons. The first-order valence-electron chi connectivity index (χ1n) is 10.3. The van der Waals surface area contributed by atoms with Gasteiger partial charge in [0.1, 0.15) is 5.69 Å². The Bertz CT molecular complexity index is 1170. The van der Waals surface area contributed by atoms with Gasteiger partial charge in [0.25, 0.3) is 0 Å². The molecule has 0 aliphatic heterocycles. The Balaban J connectivity index is 1.46. The molecule has 2 aromatic carbocycles. The van der Waals surface area contributed by atoms with Gasteiger partial charge >= 0.3 is 0 Å². The zero-order valence-corrected chi connectivity index (χ0v) is 18.2. The van der Waals surface area contributed by atoms with Gasteiger partial charge < -0.3 is 4.74 Å². The summed E-state index contributed by atoms with van der Waals surface area (Å²) in [7, 11) is 1.64. The molecule has 4 rings (SSSR count). The highest BCUT2D eigenvalue weighted by molar-refractivity contribution is 7.09. The number of nitrogens with zero attached hydrogens (tertiary/aromatic N) is 3. The quantitative estimate of drug-likeness (QED) is 0.314. The summed E-state index contributed by atoms with van der Waals surface area (Å²) in [5.41, 5.74) is 5.83. The van der Waals surface area contributed by atoms with Crippen molar-refractivity contribution in [3.05, 3.63) is 76.3 Å². The van der Waals surface area contributed by atoms with Crippen LogP contribution in [0.25, 0.3) is 28.4 Å². The monoisotopic (exact) mass is 415 g/mol. The number of aromatic nitrogens is 3. The fourth-order valence-corrected chi connectivity index (χ4v) is 4.13. The lowest BCUT2D eigenvalue weighted by Crippen LogP contribution is -1.96. The van der Waals surface area contributed by atoms with E-state index in [1.807, 2.05) is 36.4 Å². The molecular formula is C25H25N3OS. The van der Waals surface area contributed by atoms with E-state index < -0.39 is 0 Å². The van der Waals surface area contributed by atoms with Crippen LogP contribution in [0.1, 0.15) is 36.0 Å². The lowest BCUT2D eigenvalue weighted by molar-refractivity contribution is 0.400. The summed E-state index contributed by atoms with van der Waals surface area (Å²) in [5, 5.41) is 3.41. The van der Waals surface area contributed by atoms with E-state index in [1.54, 1.807) is 18.4 Å². The van der Waals surface area contributed by atoms with Gasteiger partial charge in [-0.15, -0.1) is 11.3 Å². The van der Waals surface area contributed by atoms with Gasteiger partial charge in [-0.3, -0.25) is 0 Å². The van der Waals surface area contributed by atoms with E-state index in [4.69, 9.17) is 9.72 Å². The van der Waals surface area contributed by atoms with E-state index in [0.717, 1.165) is 53.5 Å². The maximum Gasteiger partial charge on any atom is 0.240 e. The molecule has 5 heteroatoms. The number of hydrogen-bond acceptors (Lipinski definition) is 5. The number of fused-ring (bicyclic) bond motifs is 1. The van der Waals surface area contributed by atoms with Crippen LogP contribution in [0.3, 0.4) is 0 Å². The molecular weight excluding hydrogens is 390 g/mol. The van der Waals surface area contributed by atoms with E-state index in [0.29, 0.717) is 5.88 Å². The number of para-hydroxylation sites is 2. The van der Waals surface area contributed by atoms with Crippen molar-refractivity contribution >= 4 is 28.4 Å². The van der Waals surface area contributed by atoms with Crippen LogP contribution in [0.15, 0.2) is 60.0 Å². The number of rotatable bonds is 8. The highest BCUT2D eigenvalue weighted by atomic mass is 32.1. The summed E-state index contributed by atoms with van der Waals surface area (Å²) in [6.45, 7) is 2.15. The Labute approximate surface area is 181 Å². The van der Waals surface area contributed by atoms with Crippen LogP contribution >= 0.6 is 11.3 Å². The third-order valence-electron chi connectivity index (χ3n) is 4.91. The zero-order valence-electron chi connectivity index (χ0n) is 17.3. The van der Waals surface area contributed by atoms with Crippen LogP contribution in [0.4, 0.5) is 0 Å². The van der Waals surface area contributed by atoms with Crippen molar-refractivity contribution < 1.29 is 4.74 Å². The highest BCUT2D eigenvalue weighted by Gasteiger charge is 2.11. The predicted molar refractivity (Wildman–Crippen MR) is 125 cm³/mol. The number of unbranched alkanes of at least 4 members (excludes halogenated alkanes) is 1. The molecule has 0 radical (unpaired) electrons. The highest BCUT2D eigenvalue weighted by Crippen LogP contribution is 2.29. The summed E-state index contributed by atoms with van der Waals surface area (Å²) in [4.78, 5) is 14.0. The number of thiazole rings is 1. The average molecular weight is 416 g/mol. The van der Waals surface area contributed by atoms with Gasteiger partial charge in [0.2, 0.25) is 5.88 Å². The zero-order chi connectivity index (χ0) is 20.8. The Morgan fingerprint density at radius 2 is 1.83 bits per heavy atom. The molecule has 0 saturated heterocycles. The van der Waals surface area contributed by atoms with Crippen molar-refractivity contribution in [1.29, 1.82) is 0 Å². The molecule has 4 nitrogen and oxygen atoms in total. The number of ether oxygens (including phenoxy) is 1. The molecule has 0 aliphatic rings. The topological polar surface area (TPSA) is 47.9 Å². The van der Waals surface area contributed by atoms with E-state index in [-0.39, 0.29) is 0 Å². The molecule has 30 heavy (non-hydrogen) atoms. The molecule has 0 saturated carbocycles. The normalized spacial score (nSPS) is 11.4. The maximum atomic E-state index is 5.52. The summed E-state index contributed by atoms with van der Waals surface area (Å²) < 4.78 is 5.52. The molecule has 0 amide bonds. The van der Waals surface area contributed by atoms with Crippen LogP contribution in [-0.4, -0.2) is 22.1 Å². The van der Waals surface area contributed by atoms with E-state index in [2.05, 4.69) is 46.6 Å². The van der Waals surface area contributed by atoms with Crippen molar-refractivity contribution in [2.75, 3.05) is 7.11 Å². The minimum atomic E-state index is 0.546. The summed E-state index contributed by atoms with van der Waals surface area (Å²) in [6.07, 6.45) is 8.59. The molecule has 0 bridgehead atoms. The predicted octanol–water partition coefficient (Wildman–Crippen LogP) is 6.36. The molecule has 0 atom stereocenters. The summed E-state index contributed by atoms with van der Waals surface area (Å²) >= 11 is 1.76. The number of aryl methyl sites for hydroxylation is 2. The van der Waals surface area contributed by atoms with Crippen molar-refractivity contribution in [1.82, 2.24) is 15.0 Å². The van der Waals surface area contributed by atoms with E-state index >= 15 is 0 Å². The lowest BCUT2D eigenvalue weighted by Gasteiger charge is -2.09. The minimum absolute atomic E-state index is 0.546. The fraction of sp³-hybridized carbons (Fsp3) is 0.240. The van der Waals surface area contributed by atoms with Crippen LogP contribution in [0.5, 0.6) is 5.88 Å². The van der Waals surface area contributed by atoms with Crippen molar-refractivity contribution in [2.45, 2.75) is 32.6 Å². The second-order valence-corrected chi connectivity index (χ2v) is 8.02. The molecule has 0 unspecified atom stereocenters. The first kappa shape index (κ1) is 20.2.